The van der Waals surface area contributed by atoms with Crippen LogP contribution in [0.4, 0.5) is 0 Å². The number of benzene rings is 1. The van der Waals surface area contributed by atoms with Crippen molar-refractivity contribution in [1.82, 2.24) is 14.8 Å². The number of nitrogens with zero attached hydrogens (tertiary/aromatic N) is 3. The molecule has 0 radical (unpaired) electrons. The second-order valence-electron chi connectivity index (χ2n) is 7.52. The SMILES string of the molecule is CCN(CC)CCN1C(=O)C(O)=C(C(=O)c2sc(C)nc2C)C1c1ccccc1C. The molecule has 1 unspecified atom stereocenters. The van der Waals surface area contributed by atoms with Gasteiger partial charge in [-0.1, -0.05) is 38.1 Å². The predicted octanol–water partition coefficient (Wildman–Crippen LogP) is 3.99. The lowest BCUT2D eigenvalue weighted by atomic mass is 9.92. The van der Waals surface area contributed by atoms with E-state index in [0.29, 0.717) is 23.7 Å². The molecule has 1 aromatic carbocycles. The zero-order valence-corrected chi connectivity index (χ0v) is 19.0. The van der Waals surface area contributed by atoms with Crippen LogP contribution >= 0.6 is 11.3 Å². The van der Waals surface area contributed by atoms with Crippen molar-refractivity contribution in [2.45, 2.75) is 40.7 Å². The second-order valence-corrected chi connectivity index (χ2v) is 8.73. The number of likely N-dealkylation sites (N-methyl/N-ethyl adjacent to an activating group) is 1. The number of carbonyl (C=O) groups is 2. The van der Waals surface area contributed by atoms with Gasteiger partial charge in [0, 0.05) is 13.1 Å². The lowest BCUT2D eigenvalue weighted by Gasteiger charge is -2.30. The average molecular weight is 428 g/mol. The number of rotatable bonds is 8. The molecule has 1 aromatic heterocycles. The summed E-state index contributed by atoms with van der Waals surface area (Å²) >= 11 is 1.30. The van der Waals surface area contributed by atoms with Crippen LogP contribution in [0, 0.1) is 20.8 Å². The van der Waals surface area contributed by atoms with Crippen LogP contribution in [-0.4, -0.2) is 57.8 Å². The standard InChI is InChI=1S/C23H29N3O3S/c1-6-25(7-2)12-13-26-19(17-11-9-8-10-14(17)3)18(21(28)23(26)29)20(27)22-15(4)24-16(5)30-22/h8-11,19,28H,6-7,12-13H2,1-5H3. The van der Waals surface area contributed by atoms with Crippen molar-refractivity contribution < 1.29 is 14.7 Å². The summed E-state index contributed by atoms with van der Waals surface area (Å²) in [6.07, 6.45) is 0. The zero-order valence-electron chi connectivity index (χ0n) is 18.2. The average Bonchev–Trinajstić information content (AvgIpc) is 3.19. The van der Waals surface area contributed by atoms with Crippen molar-refractivity contribution in [3.8, 4) is 0 Å². The first-order valence-electron chi connectivity index (χ1n) is 10.3. The maximum absolute atomic E-state index is 13.5. The Balaban J connectivity index is 2.07. The van der Waals surface area contributed by atoms with Gasteiger partial charge >= 0.3 is 0 Å². The maximum Gasteiger partial charge on any atom is 0.290 e. The Kier molecular flexibility index (Phi) is 6.73. The van der Waals surface area contributed by atoms with E-state index in [9.17, 15) is 14.7 Å². The molecule has 0 bridgehead atoms. The largest absolute Gasteiger partial charge is 0.503 e. The maximum atomic E-state index is 13.5. The normalized spacial score (nSPS) is 16.8. The summed E-state index contributed by atoms with van der Waals surface area (Å²) in [6, 6.07) is 7.10. The number of Topliss-reactive ketones (excluding diaryl/α,β-unsaturated/α-hetero) is 1. The molecule has 7 heteroatoms. The van der Waals surface area contributed by atoms with Crippen LogP contribution in [0.25, 0.3) is 0 Å². The Morgan fingerprint density at radius 1 is 1.20 bits per heavy atom. The number of hydrogen-bond donors (Lipinski definition) is 1. The van der Waals surface area contributed by atoms with Crippen molar-refractivity contribution in [3.05, 3.63) is 62.3 Å². The number of thiazole rings is 1. The van der Waals surface area contributed by atoms with Crippen LogP contribution in [0.5, 0.6) is 0 Å². The highest BCUT2D eigenvalue weighted by atomic mass is 32.1. The van der Waals surface area contributed by atoms with Crippen LogP contribution in [0.2, 0.25) is 0 Å². The molecule has 0 saturated heterocycles. The minimum absolute atomic E-state index is 0.153. The van der Waals surface area contributed by atoms with E-state index in [1.165, 1.54) is 11.3 Å². The van der Waals surface area contributed by atoms with E-state index in [1.54, 1.807) is 11.8 Å². The Labute approximate surface area is 181 Å². The first-order chi connectivity index (χ1) is 14.3. The number of aromatic nitrogens is 1. The van der Waals surface area contributed by atoms with E-state index in [1.807, 2.05) is 38.1 Å². The number of aryl methyl sites for hydroxylation is 3. The molecule has 1 aliphatic rings. The van der Waals surface area contributed by atoms with E-state index < -0.39 is 17.7 Å². The van der Waals surface area contributed by atoms with Gasteiger partial charge in [-0.25, -0.2) is 4.98 Å². The summed E-state index contributed by atoms with van der Waals surface area (Å²) < 4.78 is 0. The number of aliphatic hydroxyl groups is 1. The highest BCUT2D eigenvalue weighted by molar-refractivity contribution is 7.14. The van der Waals surface area contributed by atoms with Gasteiger partial charge in [-0.15, -0.1) is 11.3 Å². The topological polar surface area (TPSA) is 73.7 Å². The lowest BCUT2D eigenvalue weighted by Crippen LogP contribution is -2.38. The van der Waals surface area contributed by atoms with Gasteiger partial charge in [0.1, 0.15) is 0 Å². The molecule has 30 heavy (non-hydrogen) atoms. The smallest absolute Gasteiger partial charge is 0.290 e. The summed E-state index contributed by atoms with van der Waals surface area (Å²) in [7, 11) is 0. The number of ketones is 1. The van der Waals surface area contributed by atoms with Gasteiger partial charge in [0.15, 0.2) is 5.76 Å². The molecule has 3 rings (SSSR count). The minimum atomic E-state index is -0.608. The van der Waals surface area contributed by atoms with Gasteiger partial charge in [0.2, 0.25) is 5.78 Å². The molecule has 1 amide bonds. The van der Waals surface area contributed by atoms with Gasteiger partial charge < -0.3 is 14.9 Å². The summed E-state index contributed by atoms with van der Waals surface area (Å²) in [6.45, 7) is 12.6. The summed E-state index contributed by atoms with van der Waals surface area (Å²) in [5.41, 5.74) is 2.61. The number of amides is 1. The number of aliphatic hydroxyl groups excluding tert-OH is 1. The molecular weight excluding hydrogens is 398 g/mol. The van der Waals surface area contributed by atoms with E-state index in [0.717, 1.165) is 29.2 Å². The fourth-order valence-electron chi connectivity index (χ4n) is 3.99. The van der Waals surface area contributed by atoms with Gasteiger partial charge in [-0.3, -0.25) is 9.59 Å². The monoisotopic (exact) mass is 427 g/mol. The zero-order chi connectivity index (χ0) is 22.0. The van der Waals surface area contributed by atoms with E-state index >= 15 is 0 Å². The van der Waals surface area contributed by atoms with Crippen LogP contribution in [0.3, 0.4) is 0 Å². The van der Waals surface area contributed by atoms with Crippen LogP contribution in [0.15, 0.2) is 35.6 Å². The summed E-state index contributed by atoms with van der Waals surface area (Å²) in [5, 5.41) is 11.6. The number of hydrogen-bond acceptors (Lipinski definition) is 6. The first kappa shape index (κ1) is 22.2. The van der Waals surface area contributed by atoms with E-state index in [2.05, 4.69) is 23.7 Å². The molecule has 1 aliphatic heterocycles. The van der Waals surface area contributed by atoms with Crippen molar-refractivity contribution in [1.29, 1.82) is 0 Å². The predicted molar refractivity (Wildman–Crippen MR) is 119 cm³/mol. The first-order valence-corrected chi connectivity index (χ1v) is 11.1. The fraction of sp³-hybridized carbons (Fsp3) is 0.435. The van der Waals surface area contributed by atoms with E-state index in [4.69, 9.17) is 0 Å². The van der Waals surface area contributed by atoms with Gasteiger partial charge in [0.05, 0.1) is 27.2 Å². The number of carbonyl (C=O) groups excluding carboxylic acids is 2. The Hall–Kier alpha value is -2.51. The van der Waals surface area contributed by atoms with E-state index in [-0.39, 0.29) is 11.4 Å². The molecular formula is C23H29N3O3S. The van der Waals surface area contributed by atoms with Gasteiger partial charge in [-0.05, 0) is 45.0 Å². The molecule has 0 fully saturated rings. The molecule has 1 atom stereocenters. The molecule has 160 valence electrons. The van der Waals surface area contributed by atoms with Crippen molar-refractivity contribution in [2.24, 2.45) is 0 Å². The van der Waals surface area contributed by atoms with Crippen LogP contribution in [-0.2, 0) is 4.79 Å². The molecule has 0 saturated carbocycles. The van der Waals surface area contributed by atoms with Crippen LogP contribution in [0.1, 0.15) is 51.4 Å². The van der Waals surface area contributed by atoms with Crippen molar-refractivity contribution in [3.63, 3.8) is 0 Å². The third kappa shape index (κ3) is 4.04. The Morgan fingerprint density at radius 2 is 1.87 bits per heavy atom. The molecule has 6 nitrogen and oxygen atoms in total. The molecule has 2 heterocycles. The Morgan fingerprint density at radius 3 is 2.43 bits per heavy atom. The molecule has 0 spiro atoms. The fourth-order valence-corrected chi connectivity index (χ4v) is 4.86. The third-order valence-corrected chi connectivity index (χ3v) is 6.76. The van der Waals surface area contributed by atoms with Crippen molar-refractivity contribution >= 4 is 23.0 Å². The Bertz CT molecular complexity index is 991. The second kappa shape index (κ2) is 9.10. The van der Waals surface area contributed by atoms with Crippen LogP contribution < -0.4 is 0 Å². The molecule has 0 aliphatic carbocycles. The highest BCUT2D eigenvalue weighted by Crippen LogP contribution is 2.41. The summed E-state index contributed by atoms with van der Waals surface area (Å²) in [4.78, 5) is 35.2. The minimum Gasteiger partial charge on any atom is -0.503 e. The van der Waals surface area contributed by atoms with Crippen molar-refractivity contribution in [2.75, 3.05) is 26.2 Å². The highest BCUT2D eigenvalue weighted by Gasteiger charge is 2.44. The van der Waals surface area contributed by atoms with Gasteiger partial charge in [-0.2, -0.15) is 0 Å². The van der Waals surface area contributed by atoms with Gasteiger partial charge in [0.25, 0.3) is 5.91 Å². The lowest BCUT2D eigenvalue weighted by molar-refractivity contribution is -0.129. The molecule has 1 N–H and O–H groups in total. The third-order valence-electron chi connectivity index (χ3n) is 5.69. The quantitative estimate of drug-likeness (QED) is 0.645. The molecule has 2 aromatic rings. The summed E-state index contributed by atoms with van der Waals surface area (Å²) in [5.74, 6) is -1.25.